The van der Waals surface area contributed by atoms with E-state index in [0.29, 0.717) is 17.7 Å². The Kier molecular flexibility index (Phi) is 7.31. The molecule has 0 unspecified atom stereocenters. The second kappa shape index (κ2) is 9.48. The molecule has 8 heteroatoms. The second-order valence-corrected chi connectivity index (χ2v) is 8.05. The average Bonchev–Trinajstić information content (AvgIpc) is 2.61. The number of carbonyl (C=O) groups is 1. The molecule has 0 fully saturated rings. The minimum Gasteiger partial charge on any atom is -0.494 e. The lowest BCUT2D eigenvalue weighted by Crippen LogP contribution is -2.35. The Morgan fingerprint density at radius 2 is 1.71 bits per heavy atom. The molecule has 0 aromatic heterocycles. The summed E-state index contributed by atoms with van der Waals surface area (Å²) in [5.74, 6) is 0.188. The fourth-order valence-electron chi connectivity index (χ4n) is 2.86. The number of ether oxygens (including phenoxy) is 1. The van der Waals surface area contributed by atoms with Gasteiger partial charge in [-0.2, -0.15) is 5.10 Å². The van der Waals surface area contributed by atoms with Crippen LogP contribution in [0.15, 0.2) is 46.4 Å². The Morgan fingerprint density at radius 3 is 2.29 bits per heavy atom. The molecule has 0 saturated carbocycles. The van der Waals surface area contributed by atoms with Crippen LogP contribution in [0.3, 0.4) is 0 Å². The van der Waals surface area contributed by atoms with Crippen molar-refractivity contribution >= 4 is 22.1 Å². The Bertz CT molecular complexity index is 944. The van der Waals surface area contributed by atoms with Crippen molar-refractivity contribution < 1.29 is 17.9 Å². The largest absolute Gasteiger partial charge is 0.494 e. The molecule has 0 aliphatic carbocycles. The van der Waals surface area contributed by atoms with Crippen LogP contribution in [0.25, 0.3) is 0 Å². The molecular weight excluding hydrogens is 378 g/mol. The summed E-state index contributed by atoms with van der Waals surface area (Å²) in [5, 5.41) is 3.84. The lowest BCUT2D eigenvalue weighted by atomic mass is 10.1. The van der Waals surface area contributed by atoms with Crippen molar-refractivity contribution in [3.63, 3.8) is 0 Å². The number of nitrogens with zero attached hydrogens (tertiary/aromatic N) is 1. The van der Waals surface area contributed by atoms with Gasteiger partial charge in [-0.1, -0.05) is 17.7 Å². The first kappa shape index (κ1) is 21.6. The molecule has 0 spiro atoms. The molecule has 28 heavy (non-hydrogen) atoms. The molecule has 0 saturated heterocycles. The van der Waals surface area contributed by atoms with Crippen molar-refractivity contribution in [2.45, 2.75) is 32.6 Å². The Labute approximate surface area is 165 Å². The maximum atomic E-state index is 12.5. The van der Waals surface area contributed by atoms with Crippen LogP contribution in [-0.2, 0) is 14.8 Å². The highest BCUT2D eigenvalue weighted by molar-refractivity contribution is 7.89. The van der Waals surface area contributed by atoms with E-state index in [1.165, 1.54) is 6.21 Å². The van der Waals surface area contributed by atoms with Gasteiger partial charge in [0.05, 0.1) is 24.3 Å². The summed E-state index contributed by atoms with van der Waals surface area (Å²) in [5.41, 5.74) is 5.34. The first-order chi connectivity index (χ1) is 13.2. The van der Waals surface area contributed by atoms with E-state index in [1.54, 1.807) is 50.2 Å². The number of rotatable bonds is 8. The molecule has 0 aliphatic heterocycles. The van der Waals surface area contributed by atoms with Gasteiger partial charge in [0.2, 0.25) is 10.0 Å². The normalized spacial score (nSPS) is 11.6. The Morgan fingerprint density at radius 1 is 1.11 bits per heavy atom. The topological polar surface area (TPSA) is 96.9 Å². The van der Waals surface area contributed by atoms with E-state index in [4.69, 9.17) is 4.74 Å². The summed E-state index contributed by atoms with van der Waals surface area (Å²) in [4.78, 5) is 12.1. The van der Waals surface area contributed by atoms with Crippen LogP contribution in [0.1, 0.15) is 29.2 Å². The van der Waals surface area contributed by atoms with Crippen LogP contribution >= 0.6 is 0 Å². The monoisotopic (exact) mass is 403 g/mol. The third kappa shape index (κ3) is 5.90. The number of hydrogen-bond acceptors (Lipinski definition) is 5. The Balaban J connectivity index is 1.93. The van der Waals surface area contributed by atoms with Crippen LogP contribution < -0.4 is 14.9 Å². The highest BCUT2D eigenvalue weighted by atomic mass is 32.2. The third-order valence-corrected chi connectivity index (χ3v) is 5.60. The Hall–Kier alpha value is -2.71. The van der Waals surface area contributed by atoms with Gasteiger partial charge in [-0.25, -0.2) is 18.6 Å². The van der Waals surface area contributed by atoms with Gasteiger partial charge in [0.15, 0.2) is 0 Å². The van der Waals surface area contributed by atoms with Crippen molar-refractivity contribution in [2.24, 2.45) is 5.10 Å². The van der Waals surface area contributed by atoms with E-state index in [1.807, 2.05) is 13.8 Å². The van der Waals surface area contributed by atoms with Gasteiger partial charge < -0.3 is 4.74 Å². The van der Waals surface area contributed by atoms with E-state index in [9.17, 15) is 13.2 Å². The lowest BCUT2D eigenvalue weighted by molar-refractivity contribution is -0.119. The van der Waals surface area contributed by atoms with Crippen LogP contribution in [-0.4, -0.2) is 33.7 Å². The number of benzene rings is 2. The summed E-state index contributed by atoms with van der Waals surface area (Å²) in [6.07, 6.45) is 1.47. The molecule has 1 amide bonds. The van der Waals surface area contributed by atoms with Gasteiger partial charge in [-0.05, 0) is 68.7 Å². The fourth-order valence-corrected chi connectivity index (χ4v) is 4.29. The predicted octanol–water partition coefficient (Wildman–Crippen LogP) is 2.44. The molecule has 150 valence electrons. The number of nitrogens with one attached hydrogen (secondary N) is 2. The van der Waals surface area contributed by atoms with Crippen molar-refractivity contribution in [3.05, 3.63) is 58.7 Å². The molecule has 7 nitrogen and oxygen atoms in total. The SMILES string of the molecule is CCOc1ccc(/C=N\NC(=O)CNS(=O)(=O)c2c(C)cc(C)cc2C)cc1. The zero-order chi connectivity index (χ0) is 20.7. The van der Waals surface area contributed by atoms with E-state index < -0.39 is 22.5 Å². The number of carbonyl (C=O) groups excluding carboxylic acids is 1. The second-order valence-electron chi connectivity index (χ2n) is 6.35. The third-order valence-electron chi connectivity index (χ3n) is 3.89. The maximum Gasteiger partial charge on any atom is 0.255 e. The molecule has 2 aromatic rings. The zero-order valence-corrected chi connectivity index (χ0v) is 17.3. The number of hydrogen-bond donors (Lipinski definition) is 2. The molecule has 0 aliphatic rings. The minimum atomic E-state index is -3.80. The van der Waals surface area contributed by atoms with Gasteiger partial charge in [0.25, 0.3) is 5.91 Å². The molecular formula is C20H25N3O4S. The van der Waals surface area contributed by atoms with Gasteiger partial charge in [-0.3, -0.25) is 4.79 Å². The van der Waals surface area contributed by atoms with Crippen LogP contribution in [0.2, 0.25) is 0 Å². The van der Waals surface area contributed by atoms with Crippen molar-refractivity contribution in [2.75, 3.05) is 13.2 Å². The van der Waals surface area contributed by atoms with Crippen molar-refractivity contribution in [3.8, 4) is 5.75 Å². The summed E-state index contributed by atoms with van der Waals surface area (Å²) < 4.78 is 32.7. The smallest absolute Gasteiger partial charge is 0.255 e. The van der Waals surface area contributed by atoms with Crippen LogP contribution in [0, 0.1) is 20.8 Å². The number of hydrazone groups is 1. The zero-order valence-electron chi connectivity index (χ0n) is 16.4. The molecule has 0 radical (unpaired) electrons. The molecule has 2 N–H and O–H groups in total. The first-order valence-corrected chi connectivity index (χ1v) is 10.3. The van der Waals surface area contributed by atoms with Crippen molar-refractivity contribution in [1.29, 1.82) is 0 Å². The van der Waals surface area contributed by atoms with E-state index >= 15 is 0 Å². The maximum absolute atomic E-state index is 12.5. The highest BCUT2D eigenvalue weighted by Crippen LogP contribution is 2.21. The van der Waals surface area contributed by atoms with Crippen molar-refractivity contribution in [1.82, 2.24) is 10.1 Å². The summed E-state index contributed by atoms with van der Waals surface area (Å²) in [7, 11) is -3.80. The molecule has 0 heterocycles. The molecule has 0 atom stereocenters. The lowest BCUT2D eigenvalue weighted by Gasteiger charge is -2.12. The first-order valence-electron chi connectivity index (χ1n) is 8.85. The standard InChI is InChI=1S/C20H25N3O4S/c1-5-27-18-8-6-17(7-9-18)12-21-23-19(24)13-22-28(25,26)20-15(3)10-14(2)11-16(20)4/h6-12,22H,5,13H2,1-4H3,(H,23,24)/b21-12-. The number of sulfonamides is 1. The van der Waals surface area contributed by atoms with Gasteiger partial charge in [0, 0.05) is 0 Å². The summed E-state index contributed by atoms with van der Waals surface area (Å²) in [6.45, 7) is 7.45. The van der Waals surface area contributed by atoms with E-state index in [2.05, 4.69) is 15.2 Å². The summed E-state index contributed by atoms with van der Waals surface area (Å²) in [6, 6.07) is 10.8. The number of amides is 1. The fraction of sp³-hybridized carbons (Fsp3) is 0.300. The average molecular weight is 404 g/mol. The molecule has 0 bridgehead atoms. The summed E-state index contributed by atoms with van der Waals surface area (Å²) >= 11 is 0. The van der Waals surface area contributed by atoms with E-state index in [0.717, 1.165) is 16.9 Å². The minimum absolute atomic E-state index is 0.198. The van der Waals surface area contributed by atoms with Crippen LogP contribution in [0.5, 0.6) is 5.75 Å². The van der Waals surface area contributed by atoms with E-state index in [-0.39, 0.29) is 4.90 Å². The quantitative estimate of drug-likeness (QED) is 0.523. The van der Waals surface area contributed by atoms with Gasteiger partial charge >= 0.3 is 0 Å². The van der Waals surface area contributed by atoms with Crippen LogP contribution in [0.4, 0.5) is 0 Å². The molecule has 2 rings (SSSR count). The number of aryl methyl sites for hydroxylation is 3. The van der Waals surface area contributed by atoms with Gasteiger partial charge in [0.1, 0.15) is 5.75 Å². The highest BCUT2D eigenvalue weighted by Gasteiger charge is 2.20. The van der Waals surface area contributed by atoms with Gasteiger partial charge in [-0.15, -0.1) is 0 Å². The predicted molar refractivity (Wildman–Crippen MR) is 109 cm³/mol. The molecule has 2 aromatic carbocycles.